The van der Waals surface area contributed by atoms with Crippen molar-refractivity contribution in [1.82, 2.24) is 20.6 Å². The van der Waals surface area contributed by atoms with E-state index in [1.54, 1.807) is 19.9 Å². The molecule has 0 saturated carbocycles. The van der Waals surface area contributed by atoms with Gasteiger partial charge in [0.1, 0.15) is 5.25 Å². The average Bonchev–Trinajstić information content (AvgIpc) is 3.12. The first-order chi connectivity index (χ1) is 12.6. The number of hydrogen-bond donors (Lipinski definition) is 3. The molecular weight excluding hydrogens is 383 g/mol. The molecule has 2 unspecified atom stereocenters. The Bertz CT molecular complexity index is 903. The molecule has 3 rings (SSSR count). The minimum atomic E-state index is -4.42. The maximum atomic E-state index is 12.8. The minimum absolute atomic E-state index is 0.0883. The van der Waals surface area contributed by atoms with Crippen LogP contribution in [-0.2, 0) is 22.7 Å². The Kier molecular flexibility index (Phi) is 5.19. The van der Waals surface area contributed by atoms with E-state index in [9.17, 15) is 21.6 Å². The Hall–Kier alpha value is -2.11. The van der Waals surface area contributed by atoms with E-state index in [2.05, 4.69) is 20.7 Å². The van der Waals surface area contributed by atoms with Gasteiger partial charge in [0.25, 0.3) is 0 Å². The highest BCUT2D eigenvalue weighted by atomic mass is 32.2. The molecule has 2 atom stereocenters. The Morgan fingerprint density at radius 1 is 1.22 bits per heavy atom. The van der Waals surface area contributed by atoms with Crippen LogP contribution < -0.4 is 15.6 Å². The Balaban J connectivity index is 1.72. The largest absolute Gasteiger partial charge is 0.416 e. The number of alkyl halides is 3. The van der Waals surface area contributed by atoms with Crippen molar-refractivity contribution in [2.45, 2.75) is 43.9 Å². The van der Waals surface area contributed by atoms with Gasteiger partial charge in [-0.25, -0.2) is 8.42 Å². The predicted molar refractivity (Wildman–Crippen MR) is 94.3 cm³/mol. The fraction of sp³-hybridized carbons (Fsp3) is 0.438. The number of benzene rings is 1. The summed E-state index contributed by atoms with van der Waals surface area (Å²) in [7, 11) is -3.67. The van der Waals surface area contributed by atoms with E-state index in [1.165, 1.54) is 23.1 Å². The topological polar surface area (TPSA) is 88.0 Å². The first-order valence-corrected chi connectivity index (χ1v) is 9.82. The van der Waals surface area contributed by atoms with Crippen LogP contribution in [-0.4, -0.2) is 35.5 Å². The van der Waals surface area contributed by atoms with Gasteiger partial charge in [0, 0.05) is 18.3 Å². The zero-order valence-electron chi connectivity index (χ0n) is 14.7. The summed E-state index contributed by atoms with van der Waals surface area (Å²) < 4.78 is 67.5. The smallest absolute Gasteiger partial charge is 0.280 e. The molecule has 0 amide bonds. The van der Waals surface area contributed by atoms with Crippen LogP contribution in [0.2, 0.25) is 0 Å². The molecule has 0 radical (unpaired) electrons. The predicted octanol–water partition coefficient (Wildman–Crippen LogP) is 1.95. The fourth-order valence-corrected chi connectivity index (χ4v) is 4.95. The molecular formula is C16H20F3N5O2S. The van der Waals surface area contributed by atoms with Gasteiger partial charge in [-0.2, -0.15) is 18.3 Å². The van der Waals surface area contributed by atoms with Crippen molar-refractivity contribution in [3.8, 4) is 0 Å². The third-order valence-electron chi connectivity index (χ3n) is 4.37. The number of halogens is 3. The highest BCUT2D eigenvalue weighted by molar-refractivity contribution is 7.93. The number of hydrogen-bond acceptors (Lipinski definition) is 5. The second-order valence-electron chi connectivity index (χ2n) is 6.60. The molecule has 3 N–H and O–H groups in total. The number of nitrogens with one attached hydrogen (secondary N) is 3. The van der Waals surface area contributed by atoms with Crippen molar-refractivity contribution < 1.29 is 21.6 Å². The summed E-state index contributed by atoms with van der Waals surface area (Å²) in [5.74, 6) is 0. The first kappa shape index (κ1) is 19.6. The maximum Gasteiger partial charge on any atom is 0.416 e. The van der Waals surface area contributed by atoms with Crippen molar-refractivity contribution >= 4 is 15.7 Å². The zero-order valence-corrected chi connectivity index (χ0v) is 15.5. The van der Waals surface area contributed by atoms with Gasteiger partial charge in [-0.15, -0.1) is 0 Å². The lowest BCUT2D eigenvalue weighted by Gasteiger charge is -2.18. The Morgan fingerprint density at radius 2 is 1.89 bits per heavy atom. The molecule has 1 aromatic heterocycles. The Morgan fingerprint density at radius 3 is 2.52 bits per heavy atom. The number of nitrogens with zero attached hydrogens (tertiary/aromatic N) is 2. The summed E-state index contributed by atoms with van der Waals surface area (Å²) in [4.78, 5) is 0. The van der Waals surface area contributed by atoms with E-state index in [0.717, 1.165) is 12.1 Å². The van der Waals surface area contributed by atoms with Crippen molar-refractivity contribution in [2.75, 3.05) is 4.72 Å². The summed E-state index contributed by atoms with van der Waals surface area (Å²) in [5, 5.41) is 3.35. The van der Waals surface area contributed by atoms with Crippen LogP contribution in [0.5, 0.6) is 0 Å². The highest BCUT2D eigenvalue weighted by Crippen LogP contribution is 2.29. The van der Waals surface area contributed by atoms with Crippen LogP contribution in [0.25, 0.3) is 0 Å². The average molecular weight is 403 g/mol. The normalized spacial score (nSPS) is 23.5. The minimum Gasteiger partial charge on any atom is -0.280 e. The molecule has 1 saturated heterocycles. The summed E-state index contributed by atoms with van der Waals surface area (Å²) >= 11 is 0. The molecule has 7 nitrogen and oxygen atoms in total. The first-order valence-electron chi connectivity index (χ1n) is 8.27. The maximum absolute atomic E-state index is 12.8. The van der Waals surface area contributed by atoms with E-state index in [-0.39, 0.29) is 24.3 Å². The van der Waals surface area contributed by atoms with Gasteiger partial charge in [-0.05, 0) is 31.5 Å². The van der Waals surface area contributed by atoms with Crippen molar-refractivity contribution in [3.63, 3.8) is 0 Å². The van der Waals surface area contributed by atoms with E-state index >= 15 is 0 Å². The molecule has 0 spiro atoms. The summed E-state index contributed by atoms with van der Waals surface area (Å²) in [6.45, 7) is 3.61. The van der Waals surface area contributed by atoms with Gasteiger partial charge in [-0.1, -0.05) is 12.1 Å². The monoisotopic (exact) mass is 403 g/mol. The van der Waals surface area contributed by atoms with Crippen LogP contribution in [0.4, 0.5) is 18.9 Å². The van der Waals surface area contributed by atoms with Gasteiger partial charge in [0.2, 0.25) is 10.0 Å². The quantitative estimate of drug-likeness (QED) is 0.710. The molecule has 2 aromatic rings. The van der Waals surface area contributed by atoms with Crippen molar-refractivity contribution in [2.24, 2.45) is 0 Å². The second-order valence-corrected chi connectivity index (χ2v) is 8.44. The number of rotatable bonds is 5. The van der Waals surface area contributed by atoms with Crippen LogP contribution >= 0.6 is 0 Å². The lowest BCUT2D eigenvalue weighted by molar-refractivity contribution is -0.137. The molecule has 1 aliphatic rings. The van der Waals surface area contributed by atoms with E-state index in [0.29, 0.717) is 5.56 Å². The van der Waals surface area contributed by atoms with E-state index in [1.807, 2.05) is 0 Å². The number of aromatic nitrogens is 2. The molecule has 2 heterocycles. The third-order valence-corrected chi connectivity index (χ3v) is 6.43. The molecule has 1 aromatic carbocycles. The molecule has 1 fully saturated rings. The van der Waals surface area contributed by atoms with E-state index in [4.69, 9.17) is 0 Å². The number of anilines is 1. The summed E-state index contributed by atoms with van der Waals surface area (Å²) in [6, 6.07) is 4.37. The molecule has 1 aliphatic heterocycles. The SMILES string of the molecule is CC1NNC(C)C1S(=O)(=O)Nc1cnn(Cc2cccc(C(F)(F)F)c2)c1. The Labute approximate surface area is 155 Å². The zero-order chi connectivity index (χ0) is 19.8. The van der Waals surface area contributed by atoms with Gasteiger partial charge in [0.15, 0.2) is 0 Å². The molecule has 11 heteroatoms. The molecule has 27 heavy (non-hydrogen) atoms. The van der Waals surface area contributed by atoms with Crippen LogP contribution in [0.15, 0.2) is 36.7 Å². The van der Waals surface area contributed by atoms with Gasteiger partial charge < -0.3 is 0 Å². The van der Waals surface area contributed by atoms with Gasteiger partial charge in [0.05, 0.1) is 24.0 Å². The standard InChI is InChI=1S/C16H20F3N5O2S/c1-10-15(11(2)22-21-10)27(25,26)23-14-7-20-24(9-14)8-12-4-3-5-13(6-12)16(17,18)19/h3-7,9-11,15,21-23H,8H2,1-2H3. The van der Waals surface area contributed by atoms with Crippen LogP contribution in [0.1, 0.15) is 25.0 Å². The van der Waals surface area contributed by atoms with Gasteiger partial charge in [-0.3, -0.25) is 20.3 Å². The molecule has 148 valence electrons. The lowest BCUT2D eigenvalue weighted by Crippen LogP contribution is -2.41. The highest BCUT2D eigenvalue weighted by Gasteiger charge is 2.40. The lowest BCUT2D eigenvalue weighted by atomic mass is 10.1. The number of hydrazine groups is 1. The van der Waals surface area contributed by atoms with E-state index < -0.39 is 27.0 Å². The fourth-order valence-electron chi connectivity index (χ4n) is 3.17. The van der Waals surface area contributed by atoms with Crippen LogP contribution in [0.3, 0.4) is 0 Å². The molecule has 0 bridgehead atoms. The third kappa shape index (κ3) is 4.42. The van der Waals surface area contributed by atoms with Crippen LogP contribution in [0, 0.1) is 0 Å². The number of sulfonamides is 1. The van der Waals surface area contributed by atoms with Crippen molar-refractivity contribution in [3.05, 3.63) is 47.8 Å². The second kappa shape index (κ2) is 7.13. The summed E-state index contributed by atoms with van der Waals surface area (Å²) in [5.41, 5.74) is 5.70. The molecule has 0 aliphatic carbocycles. The van der Waals surface area contributed by atoms with Gasteiger partial charge >= 0.3 is 6.18 Å². The van der Waals surface area contributed by atoms with Crippen molar-refractivity contribution in [1.29, 1.82) is 0 Å². The summed E-state index contributed by atoms with van der Waals surface area (Å²) in [6.07, 6.45) is -1.64.